The number of ether oxygens (including phenoxy) is 1. The fourth-order valence-electron chi connectivity index (χ4n) is 3.11. The number of benzene rings is 2. The second-order valence-corrected chi connectivity index (χ2v) is 9.56. The summed E-state index contributed by atoms with van der Waals surface area (Å²) in [5.41, 5.74) is 0.314. The zero-order valence-electron chi connectivity index (χ0n) is 16.3. The van der Waals surface area contributed by atoms with Crippen molar-refractivity contribution in [2.24, 2.45) is 5.92 Å². The Labute approximate surface area is 173 Å². The van der Waals surface area contributed by atoms with Crippen LogP contribution in [0.4, 0.5) is 0 Å². The first-order chi connectivity index (χ1) is 14.4. The molecule has 1 N–H and O–H groups in total. The van der Waals surface area contributed by atoms with E-state index in [1.54, 1.807) is 42.5 Å². The van der Waals surface area contributed by atoms with Gasteiger partial charge in [0.05, 0.1) is 22.9 Å². The molecule has 8 heteroatoms. The highest BCUT2D eigenvalue weighted by atomic mass is 32.2. The van der Waals surface area contributed by atoms with Crippen molar-refractivity contribution in [3.63, 3.8) is 0 Å². The van der Waals surface area contributed by atoms with Crippen LogP contribution in [-0.4, -0.2) is 30.3 Å². The molecule has 0 bridgehead atoms. The number of nitrogens with one attached hydrogen (secondary N) is 1. The predicted octanol–water partition coefficient (Wildman–Crippen LogP) is 2.33. The molecule has 1 fully saturated rings. The lowest BCUT2D eigenvalue weighted by Crippen LogP contribution is -2.27. The van der Waals surface area contributed by atoms with Gasteiger partial charge in [0.1, 0.15) is 5.75 Å². The van der Waals surface area contributed by atoms with E-state index in [0.29, 0.717) is 30.4 Å². The summed E-state index contributed by atoms with van der Waals surface area (Å²) in [5, 5.41) is 0. The molecular formula is C22H22N2O5S. The Morgan fingerprint density at radius 2 is 1.83 bits per heavy atom. The number of aromatic amines is 1. The third kappa shape index (κ3) is 4.88. The van der Waals surface area contributed by atoms with Gasteiger partial charge in [0, 0.05) is 12.3 Å². The number of hydrogen-bond donors (Lipinski definition) is 1. The van der Waals surface area contributed by atoms with Crippen LogP contribution >= 0.6 is 0 Å². The second kappa shape index (κ2) is 8.31. The molecule has 4 rings (SSSR count). The third-order valence-corrected chi connectivity index (χ3v) is 6.73. The highest BCUT2D eigenvalue weighted by Gasteiger charge is 2.22. The average molecular weight is 426 g/mol. The highest BCUT2D eigenvalue weighted by molar-refractivity contribution is 7.91. The molecule has 1 aromatic heterocycles. The van der Waals surface area contributed by atoms with Crippen LogP contribution in [0.5, 0.6) is 5.75 Å². The van der Waals surface area contributed by atoms with Gasteiger partial charge in [-0.3, -0.25) is 14.3 Å². The summed E-state index contributed by atoms with van der Waals surface area (Å²) in [6.07, 6.45) is 4.02. The smallest absolute Gasteiger partial charge is 0.332 e. The van der Waals surface area contributed by atoms with Crippen molar-refractivity contribution >= 4 is 9.84 Å². The Bertz CT molecular complexity index is 1270. The number of hydrogen-bond acceptors (Lipinski definition) is 5. The van der Waals surface area contributed by atoms with Crippen molar-refractivity contribution in [1.29, 1.82) is 0 Å². The number of H-pyrrole nitrogens is 1. The van der Waals surface area contributed by atoms with E-state index in [-0.39, 0.29) is 10.6 Å². The minimum atomic E-state index is -3.49. The quantitative estimate of drug-likeness (QED) is 0.596. The fourth-order valence-corrected chi connectivity index (χ4v) is 4.43. The van der Waals surface area contributed by atoms with Crippen molar-refractivity contribution in [3.8, 4) is 11.4 Å². The van der Waals surface area contributed by atoms with Gasteiger partial charge in [-0.15, -0.1) is 0 Å². The summed E-state index contributed by atoms with van der Waals surface area (Å²) in [5.74, 6) is 1.10. The number of aryl methyl sites for hydroxylation is 1. The molecule has 0 unspecified atom stereocenters. The Balaban J connectivity index is 1.48. The van der Waals surface area contributed by atoms with Crippen molar-refractivity contribution < 1.29 is 13.2 Å². The molecule has 30 heavy (non-hydrogen) atoms. The molecular weight excluding hydrogens is 404 g/mol. The van der Waals surface area contributed by atoms with Crippen LogP contribution in [0.2, 0.25) is 0 Å². The van der Waals surface area contributed by atoms with Gasteiger partial charge in [-0.1, -0.05) is 18.2 Å². The third-order valence-electron chi connectivity index (χ3n) is 5.02. The Morgan fingerprint density at radius 3 is 2.60 bits per heavy atom. The normalized spacial score (nSPS) is 13.9. The van der Waals surface area contributed by atoms with E-state index in [1.165, 1.54) is 29.7 Å². The largest absolute Gasteiger partial charge is 0.493 e. The highest BCUT2D eigenvalue weighted by Crippen LogP contribution is 2.30. The summed E-state index contributed by atoms with van der Waals surface area (Å²) in [6.45, 7) is 0.625. The van der Waals surface area contributed by atoms with Gasteiger partial charge in [0.2, 0.25) is 0 Å². The summed E-state index contributed by atoms with van der Waals surface area (Å²) in [7, 11) is -3.49. The van der Waals surface area contributed by atoms with E-state index in [1.807, 2.05) is 6.07 Å². The first-order valence-electron chi connectivity index (χ1n) is 9.78. The monoisotopic (exact) mass is 426 g/mol. The second-order valence-electron chi connectivity index (χ2n) is 7.45. The van der Waals surface area contributed by atoms with E-state index < -0.39 is 21.1 Å². The Kier molecular flexibility index (Phi) is 5.59. The molecule has 1 aliphatic carbocycles. The van der Waals surface area contributed by atoms with Crippen LogP contribution < -0.4 is 16.0 Å². The van der Waals surface area contributed by atoms with Gasteiger partial charge in [-0.2, -0.15) is 0 Å². The molecule has 0 saturated heterocycles. The van der Waals surface area contributed by atoms with Gasteiger partial charge in [0.15, 0.2) is 9.84 Å². The first kappa shape index (κ1) is 20.2. The molecule has 1 saturated carbocycles. The summed E-state index contributed by atoms with van der Waals surface area (Å²) in [6, 6.07) is 14.9. The summed E-state index contributed by atoms with van der Waals surface area (Å²) in [4.78, 5) is 25.7. The average Bonchev–Trinajstić information content (AvgIpc) is 3.56. The van der Waals surface area contributed by atoms with Crippen LogP contribution in [0.25, 0.3) is 5.69 Å². The maximum absolute atomic E-state index is 12.8. The minimum absolute atomic E-state index is 0.0664. The maximum atomic E-state index is 12.8. The standard InChI is InChI=1S/C22H22N2O5S/c25-21-9-11-24(22(26)23-21)18-4-1-3-16(13-18)10-12-30(27,28)20-6-2-5-19(14-20)29-15-17-7-8-17/h1-6,9,11,13-14,17H,7-8,10,12,15H2,(H,23,25,26). The molecule has 0 atom stereocenters. The molecule has 7 nitrogen and oxygen atoms in total. The van der Waals surface area contributed by atoms with Crippen LogP contribution in [0.1, 0.15) is 18.4 Å². The Hall–Kier alpha value is -3.13. The molecule has 3 aromatic rings. The van der Waals surface area contributed by atoms with Crippen LogP contribution in [0, 0.1) is 5.92 Å². The molecule has 156 valence electrons. The van der Waals surface area contributed by atoms with E-state index in [0.717, 1.165) is 5.56 Å². The maximum Gasteiger partial charge on any atom is 0.332 e. The Morgan fingerprint density at radius 1 is 1.03 bits per heavy atom. The van der Waals surface area contributed by atoms with Crippen LogP contribution in [-0.2, 0) is 16.3 Å². The van der Waals surface area contributed by atoms with Gasteiger partial charge in [-0.25, -0.2) is 13.2 Å². The molecule has 1 heterocycles. The van der Waals surface area contributed by atoms with Crippen molar-refractivity contribution in [2.45, 2.75) is 24.2 Å². The fraction of sp³-hybridized carbons (Fsp3) is 0.273. The molecule has 0 radical (unpaired) electrons. The molecule has 0 amide bonds. The van der Waals surface area contributed by atoms with Gasteiger partial charge in [-0.05, 0) is 61.1 Å². The molecule has 0 aliphatic heterocycles. The summed E-state index contributed by atoms with van der Waals surface area (Å²) < 4.78 is 32.6. The SMILES string of the molecule is O=c1ccn(-c2cccc(CCS(=O)(=O)c3cccc(OCC4CC4)c3)c2)c(=O)[nH]1. The minimum Gasteiger partial charge on any atom is -0.493 e. The lowest BCUT2D eigenvalue weighted by Gasteiger charge is -2.10. The number of sulfone groups is 1. The lowest BCUT2D eigenvalue weighted by atomic mass is 10.1. The zero-order valence-corrected chi connectivity index (χ0v) is 17.1. The molecule has 2 aromatic carbocycles. The topological polar surface area (TPSA) is 98.2 Å². The predicted molar refractivity (Wildman–Crippen MR) is 113 cm³/mol. The van der Waals surface area contributed by atoms with E-state index in [9.17, 15) is 18.0 Å². The first-order valence-corrected chi connectivity index (χ1v) is 11.4. The van der Waals surface area contributed by atoms with E-state index in [4.69, 9.17) is 4.74 Å². The molecule has 1 aliphatic rings. The number of aromatic nitrogens is 2. The lowest BCUT2D eigenvalue weighted by molar-refractivity contribution is 0.299. The van der Waals surface area contributed by atoms with Gasteiger partial charge in [0.25, 0.3) is 5.56 Å². The van der Waals surface area contributed by atoms with Crippen molar-refractivity contribution in [3.05, 3.63) is 87.2 Å². The van der Waals surface area contributed by atoms with Gasteiger partial charge < -0.3 is 4.74 Å². The van der Waals surface area contributed by atoms with E-state index >= 15 is 0 Å². The van der Waals surface area contributed by atoms with E-state index in [2.05, 4.69) is 4.98 Å². The number of nitrogens with zero attached hydrogens (tertiary/aromatic N) is 1. The van der Waals surface area contributed by atoms with Crippen molar-refractivity contribution in [1.82, 2.24) is 9.55 Å². The van der Waals surface area contributed by atoms with Crippen LogP contribution in [0.3, 0.4) is 0 Å². The zero-order chi connectivity index (χ0) is 21.1. The molecule has 0 spiro atoms. The summed E-state index contributed by atoms with van der Waals surface area (Å²) >= 11 is 0. The number of rotatable bonds is 8. The van der Waals surface area contributed by atoms with Gasteiger partial charge >= 0.3 is 5.69 Å². The van der Waals surface area contributed by atoms with Crippen LogP contribution in [0.15, 0.2) is 75.3 Å². The van der Waals surface area contributed by atoms with Crippen molar-refractivity contribution in [2.75, 3.05) is 12.4 Å².